The number of hydrogen-bond acceptors (Lipinski definition) is 6. The summed E-state index contributed by atoms with van der Waals surface area (Å²) in [7, 11) is 0. The maximum absolute atomic E-state index is 5.20. The zero-order chi connectivity index (χ0) is 17.3. The van der Waals surface area contributed by atoms with Crippen LogP contribution in [0.5, 0.6) is 0 Å². The highest BCUT2D eigenvalue weighted by Crippen LogP contribution is 2.32. The van der Waals surface area contributed by atoms with Crippen LogP contribution in [0.2, 0.25) is 0 Å². The zero-order valence-corrected chi connectivity index (χ0v) is 13.6. The Labute approximate surface area is 148 Å². The van der Waals surface area contributed by atoms with Gasteiger partial charge in [-0.1, -0.05) is 48.5 Å². The maximum atomic E-state index is 5.20. The number of benzene rings is 3. The van der Waals surface area contributed by atoms with Gasteiger partial charge in [-0.2, -0.15) is 5.10 Å². The minimum atomic E-state index is 0.334. The Hall–Kier alpha value is -3.80. The molecule has 1 N–H and O–H groups in total. The van der Waals surface area contributed by atoms with E-state index in [2.05, 4.69) is 43.9 Å². The van der Waals surface area contributed by atoms with Crippen LogP contribution in [0.4, 0.5) is 5.95 Å². The first-order valence-electron chi connectivity index (χ1n) is 8.16. The second kappa shape index (κ2) is 5.93. The molecule has 124 valence electrons. The normalized spacial score (nSPS) is 11.7. The van der Waals surface area contributed by atoms with Crippen molar-refractivity contribution < 1.29 is 4.42 Å². The first kappa shape index (κ1) is 14.5. The fraction of sp³-hybridized carbons (Fsp3) is 0. The summed E-state index contributed by atoms with van der Waals surface area (Å²) in [5.41, 5.74) is 4.39. The van der Waals surface area contributed by atoms with Gasteiger partial charge in [0.25, 0.3) is 5.95 Å². The lowest BCUT2D eigenvalue weighted by atomic mass is 10.00. The lowest BCUT2D eigenvalue weighted by Gasteiger charge is -2.08. The fourth-order valence-electron chi connectivity index (χ4n) is 3.11. The summed E-state index contributed by atoms with van der Waals surface area (Å²) in [5, 5.41) is 17.0. The third-order valence-corrected chi connectivity index (χ3v) is 4.24. The van der Waals surface area contributed by atoms with Gasteiger partial charge >= 0.3 is 0 Å². The van der Waals surface area contributed by atoms with Gasteiger partial charge in [-0.15, -0.1) is 10.2 Å². The average molecular weight is 339 g/mol. The van der Waals surface area contributed by atoms with Crippen molar-refractivity contribution in [2.24, 2.45) is 5.10 Å². The summed E-state index contributed by atoms with van der Waals surface area (Å²) < 4.78 is 5.20. The minimum absolute atomic E-state index is 0.334. The van der Waals surface area contributed by atoms with Crippen LogP contribution in [0, 0.1) is 0 Å². The minimum Gasteiger partial charge on any atom is -0.463 e. The van der Waals surface area contributed by atoms with Crippen LogP contribution in [0.15, 0.2) is 76.4 Å². The van der Waals surface area contributed by atoms with Crippen molar-refractivity contribution in [1.82, 2.24) is 15.2 Å². The van der Waals surface area contributed by atoms with Gasteiger partial charge in [0, 0.05) is 10.8 Å². The number of nitrogens with zero attached hydrogens (tertiary/aromatic N) is 4. The van der Waals surface area contributed by atoms with E-state index in [1.165, 1.54) is 0 Å². The fourth-order valence-corrected chi connectivity index (χ4v) is 3.11. The van der Waals surface area contributed by atoms with Gasteiger partial charge in [0.2, 0.25) is 0 Å². The molecule has 2 aromatic heterocycles. The van der Waals surface area contributed by atoms with E-state index in [1.807, 2.05) is 36.4 Å². The SMILES string of the molecule is C(=N\Nc1nnc2c3ccccc3c3ccccc3c2n1)/c1ccco1. The Balaban J connectivity index is 1.68. The maximum Gasteiger partial charge on any atom is 0.263 e. The van der Waals surface area contributed by atoms with Crippen molar-refractivity contribution in [1.29, 1.82) is 0 Å². The molecule has 0 aliphatic carbocycles. The summed E-state index contributed by atoms with van der Waals surface area (Å²) >= 11 is 0. The summed E-state index contributed by atoms with van der Waals surface area (Å²) in [5.74, 6) is 0.975. The smallest absolute Gasteiger partial charge is 0.263 e. The van der Waals surface area contributed by atoms with E-state index >= 15 is 0 Å². The predicted octanol–water partition coefficient (Wildman–Crippen LogP) is 4.37. The molecule has 0 aliphatic heterocycles. The molecule has 0 atom stereocenters. The van der Waals surface area contributed by atoms with Crippen molar-refractivity contribution in [3.8, 4) is 0 Å². The number of hydrazone groups is 1. The van der Waals surface area contributed by atoms with Crippen molar-refractivity contribution >= 4 is 44.7 Å². The summed E-state index contributed by atoms with van der Waals surface area (Å²) in [4.78, 5) is 4.64. The van der Waals surface area contributed by atoms with Crippen LogP contribution in [0.25, 0.3) is 32.6 Å². The van der Waals surface area contributed by atoms with Gasteiger partial charge in [0.15, 0.2) is 0 Å². The highest BCUT2D eigenvalue weighted by molar-refractivity contribution is 6.22. The van der Waals surface area contributed by atoms with Crippen LogP contribution in [0.3, 0.4) is 0 Å². The first-order valence-corrected chi connectivity index (χ1v) is 8.16. The Morgan fingerprint density at radius 2 is 1.46 bits per heavy atom. The third-order valence-electron chi connectivity index (χ3n) is 4.24. The molecule has 0 aliphatic rings. The van der Waals surface area contributed by atoms with Crippen LogP contribution in [-0.2, 0) is 0 Å². The number of anilines is 1. The zero-order valence-electron chi connectivity index (χ0n) is 13.6. The van der Waals surface area contributed by atoms with E-state index in [-0.39, 0.29) is 0 Å². The predicted molar refractivity (Wildman–Crippen MR) is 102 cm³/mol. The Morgan fingerprint density at radius 3 is 2.15 bits per heavy atom. The van der Waals surface area contributed by atoms with Crippen molar-refractivity contribution in [2.75, 3.05) is 5.43 Å². The standard InChI is InChI=1S/C20H13N5O/c1-3-9-16-14(7-1)15-8-2-4-10-17(15)19-18(16)22-20(25-23-19)24-21-12-13-6-5-11-26-13/h1-12H,(H,22,24,25)/b21-12+. The molecule has 6 heteroatoms. The van der Waals surface area contributed by atoms with Crippen LogP contribution >= 0.6 is 0 Å². The van der Waals surface area contributed by atoms with Gasteiger partial charge in [0.1, 0.15) is 16.8 Å². The van der Waals surface area contributed by atoms with Crippen LogP contribution in [-0.4, -0.2) is 21.4 Å². The second-order valence-electron chi connectivity index (χ2n) is 5.81. The van der Waals surface area contributed by atoms with Crippen molar-refractivity contribution in [3.05, 3.63) is 72.7 Å². The highest BCUT2D eigenvalue weighted by Gasteiger charge is 2.11. The topological polar surface area (TPSA) is 76.2 Å². The van der Waals surface area contributed by atoms with Gasteiger partial charge < -0.3 is 4.42 Å². The van der Waals surface area contributed by atoms with Crippen LogP contribution < -0.4 is 5.43 Å². The van der Waals surface area contributed by atoms with Crippen molar-refractivity contribution in [3.63, 3.8) is 0 Å². The summed E-state index contributed by atoms with van der Waals surface area (Å²) in [6, 6.07) is 20.0. The molecule has 2 heterocycles. The molecule has 3 aromatic carbocycles. The van der Waals surface area contributed by atoms with E-state index in [4.69, 9.17) is 4.42 Å². The Bertz CT molecular complexity index is 1230. The van der Waals surface area contributed by atoms with E-state index in [9.17, 15) is 0 Å². The number of furan rings is 1. The largest absolute Gasteiger partial charge is 0.463 e. The summed E-state index contributed by atoms with van der Waals surface area (Å²) in [6.45, 7) is 0. The summed E-state index contributed by atoms with van der Waals surface area (Å²) in [6.07, 6.45) is 3.15. The van der Waals surface area contributed by atoms with Crippen LogP contribution in [0.1, 0.15) is 5.76 Å². The Morgan fingerprint density at radius 1 is 0.769 bits per heavy atom. The molecule has 0 bridgehead atoms. The second-order valence-corrected chi connectivity index (χ2v) is 5.81. The number of aromatic nitrogens is 3. The molecule has 5 aromatic rings. The Kier molecular flexibility index (Phi) is 3.31. The molecule has 5 rings (SSSR count). The molecule has 26 heavy (non-hydrogen) atoms. The van der Waals surface area contributed by atoms with E-state index in [0.717, 1.165) is 32.6 Å². The van der Waals surface area contributed by atoms with E-state index in [1.54, 1.807) is 18.5 Å². The molecule has 0 saturated heterocycles. The quantitative estimate of drug-likeness (QED) is 0.300. The highest BCUT2D eigenvalue weighted by atomic mass is 16.3. The molecule has 0 amide bonds. The molecule has 0 fully saturated rings. The van der Waals surface area contributed by atoms with Gasteiger partial charge in [-0.3, -0.25) is 0 Å². The molecular formula is C20H13N5O. The molecule has 0 radical (unpaired) electrons. The van der Waals surface area contributed by atoms with E-state index in [0.29, 0.717) is 11.7 Å². The number of fused-ring (bicyclic) bond motifs is 6. The van der Waals surface area contributed by atoms with E-state index < -0.39 is 0 Å². The molecule has 6 nitrogen and oxygen atoms in total. The number of rotatable bonds is 3. The molecule has 0 saturated carbocycles. The lowest BCUT2D eigenvalue weighted by Crippen LogP contribution is -2.00. The first-order chi connectivity index (χ1) is 12.9. The van der Waals surface area contributed by atoms with Gasteiger partial charge in [-0.05, 0) is 22.9 Å². The number of nitrogens with one attached hydrogen (secondary N) is 1. The lowest BCUT2D eigenvalue weighted by molar-refractivity contribution is 0.560. The molecule has 0 unspecified atom stereocenters. The third kappa shape index (κ3) is 2.36. The monoisotopic (exact) mass is 339 g/mol. The van der Waals surface area contributed by atoms with Crippen molar-refractivity contribution in [2.45, 2.75) is 0 Å². The van der Waals surface area contributed by atoms with Gasteiger partial charge in [-0.25, -0.2) is 10.4 Å². The molecular weight excluding hydrogens is 326 g/mol. The van der Waals surface area contributed by atoms with Gasteiger partial charge in [0.05, 0.1) is 12.5 Å². The number of hydrogen-bond donors (Lipinski definition) is 1. The molecule has 0 spiro atoms. The average Bonchev–Trinajstić information content (AvgIpc) is 3.22.